The van der Waals surface area contributed by atoms with Gasteiger partial charge in [-0.2, -0.15) is 0 Å². The van der Waals surface area contributed by atoms with Crippen LogP contribution >= 0.6 is 0 Å². The first-order chi connectivity index (χ1) is 28.7. The zero-order chi connectivity index (χ0) is 38.2. The Morgan fingerprint density at radius 1 is 0.414 bits per heavy atom. The van der Waals surface area contributed by atoms with Crippen LogP contribution in [0.15, 0.2) is 179 Å². The molecular weight excluding hydrogens is 711 g/mol. The number of rotatable bonds is 5. The van der Waals surface area contributed by atoms with Gasteiger partial charge in [0.25, 0.3) is 0 Å². The van der Waals surface area contributed by atoms with Crippen LogP contribution in [-0.4, -0.2) is 15.0 Å². The smallest absolute Gasteiger partial charge is 0.164 e. The van der Waals surface area contributed by atoms with Crippen LogP contribution in [0.5, 0.6) is 0 Å². The number of nitrogens with zero attached hydrogens (tertiary/aromatic N) is 3. The van der Waals surface area contributed by atoms with Crippen LogP contribution < -0.4 is 0 Å². The fourth-order valence-corrected chi connectivity index (χ4v) is 8.93. The largest absolute Gasteiger partial charge is 0.456 e. The lowest BCUT2D eigenvalue weighted by Gasteiger charge is -2.20. The normalized spacial score (nSPS) is 12.6. The Morgan fingerprint density at radius 3 is 1.93 bits per heavy atom. The zero-order valence-corrected chi connectivity index (χ0v) is 31.3. The van der Waals surface area contributed by atoms with Gasteiger partial charge in [0.05, 0.1) is 0 Å². The molecule has 0 bridgehead atoms. The maximum atomic E-state index is 6.68. The van der Waals surface area contributed by atoms with Crippen molar-refractivity contribution in [2.75, 3.05) is 0 Å². The van der Waals surface area contributed by atoms with Crippen molar-refractivity contribution < 1.29 is 8.83 Å². The summed E-state index contributed by atoms with van der Waals surface area (Å²) in [6.07, 6.45) is 6.36. The summed E-state index contributed by atoms with van der Waals surface area (Å²) in [6, 6.07) is 56.9. The van der Waals surface area contributed by atoms with Crippen LogP contribution in [0, 0.1) is 0 Å². The van der Waals surface area contributed by atoms with Crippen LogP contribution in [0.25, 0.3) is 117 Å². The second kappa shape index (κ2) is 13.0. The molecule has 5 heteroatoms. The molecule has 12 rings (SSSR count). The van der Waals surface area contributed by atoms with Gasteiger partial charge in [0.1, 0.15) is 22.3 Å². The first-order valence-corrected chi connectivity index (χ1v) is 19.7. The molecule has 3 heterocycles. The molecule has 58 heavy (non-hydrogen) atoms. The van der Waals surface area contributed by atoms with Gasteiger partial charge in [0, 0.05) is 43.8 Å². The molecule has 272 valence electrons. The number of hydrogen-bond acceptors (Lipinski definition) is 5. The van der Waals surface area contributed by atoms with E-state index in [0.29, 0.717) is 17.5 Å². The molecule has 0 radical (unpaired) electrons. The van der Waals surface area contributed by atoms with Crippen molar-refractivity contribution >= 4 is 60.7 Å². The molecule has 5 nitrogen and oxygen atoms in total. The van der Waals surface area contributed by atoms with E-state index >= 15 is 0 Å². The van der Waals surface area contributed by atoms with Crippen molar-refractivity contribution in [1.29, 1.82) is 0 Å². The first kappa shape index (κ1) is 32.6. The van der Waals surface area contributed by atoms with Crippen molar-refractivity contribution in [3.05, 3.63) is 181 Å². The summed E-state index contributed by atoms with van der Waals surface area (Å²) in [5, 5.41) is 6.56. The van der Waals surface area contributed by atoms with E-state index in [1.807, 2.05) is 36.4 Å². The molecule has 1 aliphatic rings. The molecule has 0 saturated heterocycles. The van der Waals surface area contributed by atoms with E-state index in [4.69, 9.17) is 23.8 Å². The summed E-state index contributed by atoms with van der Waals surface area (Å²) in [6.45, 7) is 0. The van der Waals surface area contributed by atoms with Gasteiger partial charge in [-0.25, -0.2) is 15.0 Å². The Hall–Kier alpha value is -7.63. The summed E-state index contributed by atoms with van der Waals surface area (Å²) in [4.78, 5) is 15.8. The summed E-state index contributed by atoms with van der Waals surface area (Å²) >= 11 is 0. The van der Waals surface area contributed by atoms with Crippen molar-refractivity contribution in [3.8, 4) is 56.4 Å². The third kappa shape index (κ3) is 5.14. The van der Waals surface area contributed by atoms with Crippen molar-refractivity contribution in [1.82, 2.24) is 15.0 Å². The number of fused-ring (bicyclic) bond motifs is 8. The Labute approximate surface area is 333 Å². The predicted molar refractivity (Wildman–Crippen MR) is 236 cm³/mol. The average Bonchev–Trinajstić information content (AvgIpc) is 3.88. The van der Waals surface area contributed by atoms with Gasteiger partial charge in [-0.05, 0) is 87.8 Å². The van der Waals surface area contributed by atoms with E-state index in [1.54, 1.807) is 0 Å². The number of furan rings is 2. The first-order valence-electron chi connectivity index (χ1n) is 19.7. The number of aromatic nitrogens is 3. The highest BCUT2D eigenvalue weighted by atomic mass is 16.3. The van der Waals surface area contributed by atoms with E-state index in [9.17, 15) is 0 Å². The van der Waals surface area contributed by atoms with Crippen LogP contribution in [0.3, 0.4) is 0 Å². The number of benzene rings is 8. The molecule has 3 aromatic heterocycles. The fraction of sp³-hybridized carbons (Fsp3) is 0.0377. The molecule has 0 unspecified atom stereocenters. The highest BCUT2D eigenvalue weighted by Gasteiger charge is 2.24. The molecule has 11 aromatic rings. The lowest BCUT2D eigenvalue weighted by molar-refractivity contribution is 0.669. The van der Waals surface area contributed by atoms with Gasteiger partial charge in [-0.1, -0.05) is 140 Å². The van der Waals surface area contributed by atoms with Gasteiger partial charge in [0.2, 0.25) is 0 Å². The van der Waals surface area contributed by atoms with Crippen molar-refractivity contribution in [2.24, 2.45) is 0 Å². The summed E-state index contributed by atoms with van der Waals surface area (Å²) in [5.41, 5.74) is 13.2. The number of allylic oxidation sites excluding steroid dienone is 1. The minimum Gasteiger partial charge on any atom is -0.456 e. The lowest BCUT2D eigenvalue weighted by Crippen LogP contribution is -2.05. The monoisotopic (exact) mass is 743 g/mol. The number of hydrogen-bond donors (Lipinski definition) is 0. The molecule has 0 fully saturated rings. The zero-order valence-electron chi connectivity index (χ0n) is 31.3. The maximum Gasteiger partial charge on any atom is 0.164 e. The van der Waals surface area contributed by atoms with Crippen molar-refractivity contribution in [3.63, 3.8) is 0 Å². The lowest BCUT2D eigenvalue weighted by atomic mass is 9.84. The minimum absolute atomic E-state index is 0.603. The highest BCUT2D eigenvalue weighted by molar-refractivity contribution is 6.17. The fourth-order valence-electron chi connectivity index (χ4n) is 8.93. The van der Waals surface area contributed by atoms with E-state index < -0.39 is 0 Å². The van der Waals surface area contributed by atoms with Gasteiger partial charge in [-0.3, -0.25) is 0 Å². The summed E-state index contributed by atoms with van der Waals surface area (Å²) in [7, 11) is 0. The highest BCUT2D eigenvalue weighted by Crippen LogP contribution is 2.45. The third-order valence-corrected chi connectivity index (χ3v) is 11.6. The van der Waals surface area contributed by atoms with Crippen LogP contribution in [0.2, 0.25) is 0 Å². The van der Waals surface area contributed by atoms with Gasteiger partial charge >= 0.3 is 0 Å². The Kier molecular flexibility index (Phi) is 7.29. The molecular formula is C53H33N3O2. The van der Waals surface area contributed by atoms with E-state index in [0.717, 1.165) is 101 Å². The quantitative estimate of drug-likeness (QED) is 0.176. The Bertz CT molecular complexity index is 3470. The molecule has 0 N–H and O–H groups in total. The maximum absolute atomic E-state index is 6.68. The summed E-state index contributed by atoms with van der Waals surface area (Å²) in [5.74, 6) is 1.85. The van der Waals surface area contributed by atoms with Gasteiger partial charge < -0.3 is 8.83 Å². The molecule has 8 aromatic carbocycles. The topological polar surface area (TPSA) is 65.0 Å². The molecule has 0 amide bonds. The molecule has 0 spiro atoms. The minimum atomic E-state index is 0.603. The average molecular weight is 744 g/mol. The second-order valence-corrected chi connectivity index (χ2v) is 15.0. The van der Waals surface area contributed by atoms with Crippen LogP contribution in [-0.2, 0) is 6.42 Å². The third-order valence-electron chi connectivity index (χ3n) is 11.6. The number of para-hydroxylation sites is 2. The van der Waals surface area contributed by atoms with Gasteiger partial charge in [0.15, 0.2) is 17.5 Å². The van der Waals surface area contributed by atoms with E-state index in [-0.39, 0.29) is 0 Å². The SMILES string of the molecule is C1=Cc2c(-c3nc(-c4ccc5ccccc5c4)nc(-c4cccc5oc6ccccc6c45)n3)ccc(-c3ccc(-c4ccccc4)c4oc5ccccc5c34)c2CC1. The van der Waals surface area contributed by atoms with E-state index in [1.165, 1.54) is 16.5 Å². The second-order valence-electron chi connectivity index (χ2n) is 15.0. The predicted octanol–water partition coefficient (Wildman–Crippen LogP) is 14.1. The Balaban J connectivity index is 1.09. The molecule has 0 aliphatic heterocycles. The van der Waals surface area contributed by atoms with Gasteiger partial charge in [-0.15, -0.1) is 0 Å². The standard InChI is InChI=1S/C53H33N3O2/c1-2-14-33(15-3-1)36-27-29-40(49-43-20-9-11-23-46(43)58-50(36)49)39-28-30-41(38-18-7-6-17-37(38)39)52-54-51(35-26-25-32-13-4-5-16-34(32)31-35)55-53(56-52)44-21-12-24-47-48(44)42-19-8-10-22-45(42)57-47/h1-5,7-16,18-31H,6,17H2. The summed E-state index contributed by atoms with van der Waals surface area (Å²) < 4.78 is 13.0. The molecule has 0 atom stereocenters. The van der Waals surface area contributed by atoms with Crippen LogP contribution in [0.4, 0.5) is 0 Å². The Morgan fingerprint density at radius 2 is 1.07 bits per heavy atom. The molecule has 1 aliphatic carbocycles. The van der Waals surface area contributed by atoms with E-state index in [2.05, 4.69) is 140 Å². The van der Waals surface area contributed by atoms with Crippen LogP contribution in [0.1, 0.15) is 17.5 Å². The van der Waals surface area contributed by atoms with Crippen molar-refractivity contribution in [2.45, 2.75) is 12.8 Å². The molecule has 0 saturated carbocycles.